The average Bonchev–Trinajstić information content (AvgIpc) is 2.09. The lowest BCUT2D eigenvalue weighted by Gasteiger charge is -2.29. The summed E-state index contributed by atoms with van der Waals surface area (Å²) in [5.41, 5.74) is -1.99. The molecule has 0 saturated carbocycles. The van der Waals surface area contributed by atoms with Gasteiger partial charge >= 0.3 is 5.69 Å². The molecule has 4 N–H and O–H groups in total. The molecular weight excluding hydrogens is 200 g/mol. The Hall–Kier alpha value is -1.63. The van der Waals surface area contributed by atoms with Gasteiger partial charge < -0.3 is 10.4 Å². The molecule has 7 heteroatoms. The number of hydrogen-bond acceptors (Lipinski definition) is 5. The maximum Gasteiger partial charge on any atom is 0.342 e. The Morgan fingerprint density at radius 1 is 1.47 bits per heavy atom. The van der Waals surface area contributed by atoms with Crippen molar-refractivity contribution in [1.29, 1.82) is 0 Å². The molecule has 0 amide bonds. The summed E-state index contributed by atoms with van der Waals surface area (Å²) in [5, 5.41) is 17.8. The van der Waals surface area contributed by atoms with Crippen molar-refractivity contribution in [2.75, 3.05) is 5.32 Å². The van der Waals surface area contributed by atoms with Crippen LogP contribution in [-0.2, 0) is 0 Å². The molecule has 0 radical (unpaired) electrons. The van der Waals surface area contributed by atoms with Gasteiger partial charge in [0, 0.05) is 0 Å². The van der Waals surface area contributed by atoms with Gasteiger partial charge in [0.05, 0.1) is 11.6 Å². The van der Waals surface area contributed by atoms with Gasteiger partial charge in [0.25, 0.3) is 5.56 Å². The Bertz CT molecular complexity index is 446. The molecule has 0 bridgehead atoms. The van der Waals surface area contributed by atoms with Crippen LogP contribution < -0.4 is 16.6 Å². The summed E-state index contributed by atoms with van der Waals surface area (Å²) in [7, 11) is 0. The second kappa shape index (κ2) is 3.85. The third-order valence-electron chi connectivity index (χ3n) is 2.20. The van der Waals surface area contributed by atoms with E-state index in [2.05, 4.69) is 15.5 Å². The van der Waals surface area contributed by atoms with Crippen LogP contribution >= 0.6 is 0 Å². The molecule has 7 nitrogen and oxygen atoms in total. The molecule has 0 aliphatic heterocycles. The zero-order valence-corrected chi connectivity index (χ0v) is 8.79. The lowest BCUT2D eigenvalue weighted by atomic mass is 9.99. The summed E-state index contributed by atoms with van der Waals surface area (Å²) in [6, 6.07) is 0. The molecule has 0 aliphatic rings. The largest absolute Gasteiger partial charge is 0.391 e. The first-order chi connectivity index (χ1) is 6.83. The van der Waals surface area contributed by atoms with Crippen molar-refractivity contribution >= 4 is 5.82 Å². The number of hydrogen-bond donors (Lipinski definition) is 4. The predicted octanol–water partition coefficient (Wildman–Crippen LogP) is -0.970. The summed E-state index contributed by atoms with van der Waals surface area (Å²) in [6.07, 6.45) is -0.675. The Morgan fingerprint density at radius 3 is 2.53 bits per heavy atom. The minimum Gasteiger partial charge on any atom is -0.391 e. The average molecular weight is 214 g/mol. The van der Waals surface area contributed by atoms with Crippen LogP contribution in [-0.4, -0.2) is 31.9 Å². The minimum absolute atomic E-state index is 0.0273. The van der Waals surface area contributed by atoms with E-state index in [9.17, 15) is 14.7 Å². The number of rotatable bonds is 3. The third kappa shape index (κ3) is 2.66. The summed E-state index contributed by atoms with van der Waals surface area (Å²) in [6.45, 7) is 5.01. The van der Waals surface area contributed by atoms with Crippen molar-refractivity contribution in [2.45, 2.75) is 32.4 Å². The van der Waals surface area contributed by atoms with Crippen LogP contribution in [0, 0.1) is 0 Å². The summed E-state index contributed by atoms with van der Waals surface area (Å²) >= 11 is 0. The van der Waals surface area contributed by atoms with Crippen molar-refractivity contribution in [3.63, 3.8) is 0 Å². The van der Waals surface area contributed by atoms with Crippen LogP contribution in [0.5, 0.6) is 0 Å². The van der Waals surface area contributed by atoms with E-state index < -0.39 is 22.9 Å². The fraction of sp³-hybridized carbons (Fsp3) is 0.625. The highest BCUT2D eigenvalue weighted by atomic mass is 16.3. The molecule has 1 aromatic heterocycles. The second-order valence-electron chi connectivity index (χ2n) is 3.88. The Morgan fingerprint density at radius 2 is 2.07 bits per heavy atom. The Balaban J connectivity index is 3.00. The van der Waals surface area contributed by atoms with Gasteiger partial charge in [-0.15, -0.1) is 5.10 Å². The number of nitrogens with one attached hydrogen (secondary N) is 3. The van der Waals surface area contributed by atoms with Gasteiger partial charge in [0.1, 0.15) is 0 Å². The van der Waals surface area contributed by atoms with E-state index in [1.165, 1.54) is 0 Å². The number of aromatic nitrogens is 3. The Labute approximate surface area is 85.6 Å². The fourth-order valence-electron chi connectivity index (χ4n) is 0.842. The van der Waals surface area contributed by atoms with Gasteiger partial charge in [-0.25, -0.2) is 9.89 Å². The molecule has 0 saturated heterocycles. The maximum atomic E-state index is 11.3. The van der Waals surface area contributed by atoms with Crippen LogP contribution in [0.2, 0.25) is 0 Å². The number of aliphatic hydroxyl groups is 1. The molecule has 15 heavy (non-hydrogen) atoms. The Kier molecular flexibility index (Phi) is 2.94. The first-order valence-electron chi connectivity index (χ1n) is 4.48. The zero-order valence-electron chi connectivity index (χ0n) is 8.79. The monoisotopic (exact) mass is 214 g/mol. The van der Waals surface area contributed by atoms with Gasteiger partial charge in [0.2, 0.25) is 5.82 Å². The lowest BCUT2D eigenvalue weighted by molar-refractivity contribution is 0.133. The first kappa shape index (κ1) is 11.4. The highest BCUT2D eigenvalue weighted by Crippen LogP contribution is 2.12. The van der Waals surface area contributed by atoms with Crippen LogP contribution in [0.25, 0.3) is 0 Å². The normalized spacial score (nSPS) is 13.6. The molecule has 0 fully saturated rings. The number of anilines is 1. The minimum atomic E-state index is -0.710. The van der Waals surface area contributed by atoms with E-state index in [0.717, 1.165) is 0 Å². The highest BCUT2D eigenvalue weighted by molar-refractivity contribution is 5.33. The van der Waals surface area contributed by atoms with E-state index in [0.29, 0.717) is 0 Å². The highest BCUT2D eigenvalue weighted by Gasteiger charge is 2.25. The number of H-pyrrole nitrogens is 2. The van der Waals surface area contributed by atoms with Gasteiger partial charge in [-0.3, -0.25) is 9.78 Å². The number of aromatic amines is 2. The molecule has 1 atom stereocenters. The maximum absolute atomic E-state index is 11.3. The van der Waals surface area contributed by atoms with Crippen molar-refractivity contribution in [3.05, 3.63) is 20.8 Å². The van der Waals surface area contributed by atoms with Crippen LogP contribution in [0.4, 0.5) is 5.82 Å². The quantitative estimate of drug-likeness (QED) is 0.517. The molecule has 0 aromatic carbocycles. The van der Waals surface area contributed by atoms with Crippen molar-refractivity contribution in [2.24, 2.45) is 0 Å². The lowest BCUT2D eigenvalue weighted by Crippen LogP contribution is -2.44. The van der Waals surface area contributed by atoms with E-state index in [-0.39, 0.29) is 5.82 Å². The van der Waals surface area contributed by atoms with E-state index in [4.69, 9.17) is 0 Å². The molecule has 0 spiro atoms. The summed E-state index contributed by atoms with van der Waals surface area (Å²) < 4.78 is 0. The molecule has 84 valence electrons. The smallest absolute Gasteiger partial charge is 0.342 e. The fourth-order valence-corrected chi connectivity index (χ4v) is 0.842. The molecule has 1 aromatic rings. The van der Waals surface area contributed by atoms with Gasteiger partial charge in [-0.05, 0) is 20.8 Å². The van der Waals surface area contributed by atoms with E-state index >= 15 is 0 Å². The van der Waals surface area contributed by atoms with Crippen LogP contribution in [0.3, 0.4) is 0 Å². The molecule has 0 aliphatic carbocycles. The van der Waals surface area contributed by atoms with Crippen LogP contribution in [0.1, 0.15) is 20.8 Å². The van der Waals surface area contributed by atoms with Crippen LogP contribution in [0.15, 0.2) is 9.59 Å². The molecular formula is C8H14N4O3. The van der Waals surface area contributed by atoms with Gasteiger partial charge in [0.15, 0.2) is 0 Å². The molecule has 1 heterocycles. The zero-order chi connectivity index (χ0) is 11.6. The van der Waals surface area contributed by atoms with Crippen molar-refractivity contribution in [3.8, 4) is 0 Å². The van der Waals surface area contributed by atoms with E-state index in [1.54, 1.807) is 20.8 Å². The third-order valence-corrected chi connectivity index (χ3v) is 2.20. The SMILES string of the molecule is CC(O)C(C)(C)Nc1n[nH]c(=O)[nH]c1=O. The van der Waals surface area contributed by atoms with Crippen molar-refractivity contribution in [1.82, 2.24) is 15.2 Å². The first-order valence-corrected chi connectivity index (χ1v) is 4.48. The van der Waals surface area contributed by atoms with Crippen molar-refractivity contribution < 1.29 is 5.11 Å². The molecule has 1 unspecified atom stereocenters. The van der Waals surface area contributed by atoms with Gasteiger partial charge in [-0.2, -0.15) is 0 Å². The number of aliphatic hydroxyl groups excluding tert-OH is 1. The topological polar surface area (TPSA) is 111 Å². The summed E-state index contributed by atoms with van der Waals surface area (Å²) in [5.74, 6) is -0.0273. The second-order valence-corrected chi connectivity index (χ2v) is 3.88. The van der Waals surface area contributed by atoms with E-state index in [1.807, 2.05) is 4.98 Å². The summed E-state index contributed by atoms with van der Waals surface area (Å²) in [4.78, 5) is 24.0. The number of nitrogens with zero attached hydrogens (tertiary/aromatic N) is 1. The van der Waals surface area contributed by atoms with Gasteiger partial charge in [-0.1, -0.05) is 0 Å². The predicted molar refractivity (Wildman–Crippen MR) is 54.9 cm³/mol. The molecule has 1 rings (SSSR count). The standard InChI is InChI=1S/C8H14N4O3/c1-4(13)8(2,3)10-5-6(14)9-7(15)12-11-5/h4,13H,1-3H3,(H,10,11)(H2,9,12,14,15).